The van der Waals surface area contributed by atoms with Crippen LogP contribution in [0.4, 0.5) is 0 Å². The van der Waals surface area contributed by atoms with E-state index >= 15 is 0 Å². The summed E-state index contributed by atoms with van der Waals surface area (Å²) in [5.74, 6) is 1.33. The highest BCUT2D eigenvalue weighted by Crippen LogP contribution is 2.28. The number of phenolic OH excluding ortho intramolecular Hbond substituents is 1. The zero-order valence-corrected chi connectivity index (χ0v) is 12.8. The van der Waals surface area contributed by atoms with Gasteiger partial charge in [0.2, 0.25) is 0 Å². The smallest absolute Gasteiger partial charge is 0.160 e. The minimum absolute atomic E-state index is 0.146. The number of phenols is 1. The van der Waals surface area contributed by atoms with Gasteiger partial charge >= 0.3 is 0 Å². The van der Waals surface area contributed by atoms with Crippen LogP contribution >= 0.6 is 0 Å². The molecule has 0 saturated heterocycles. The van der Waals surface area contributed by atoms with Crippen molar-refractivity contribution in [1.82, 2.24) is 5.32 Å². The van der Waals surface area contributed by atoms with E-state index in [1.165, 1.54) is 7.11 Å². The van der Waals surface area contributed by atoms with Gasteiger partial charge in [-0.15, -0.1) is 0 Å². The minimum Gasteiger partial charge on any atom is -0.504 e. The highest BCUT2D eigenvalue weighted by Gasteiger charge is 2.12. The zero-order valence-electron chi connectivity index (χ0n) is 12.0. The summed E-state index contributed by atoms with van der Waals surface area (Å²) in [6.07, 6.45) is 2.60. The van der Waals surface area contributed by atoms with Crippen molar-refractivity contribution >= 4 is 10.8 Å². The Bertz CT molecular complexity index is 437. The molecule has 0 heterocycles. The maximum Gasteiger partial charge on any atom is 0.160 e. The second kappa shape index (κ2) is 7.50. The first kappa shape index (κ1) is 16.0. The Morgan fingerprint density at radius 2 is 2.11 bits per heavy atom. The second-order valence-corrected chi connectivity index (χ2v) is 6.34. The van der Waals surface area contributed by atoms with Crippen molar-refractivity contribution in [2.24, 2.45) is 0 Å². The monoisotopic (exact) mass is 285 g/mol. The van der Waals surface area contributed by atoms with Gasteiger partial charge in [0.25, 0.3) is 0 Å². The Labute approximate surface area is 117 Å². The van der Waals surface area contributed by atoms with Crippen LogP contribution in [0.3, 0.4) is 0 Å². The van der Waals surface area contributed by atoms with Gasteiger partial charge in [0.05, 0.1) is 7.11 Å². The van der Waals surface area contributed by atoms with E-state index < -0.39 is 10.8 Å². The van der Waals surface area contributed by atoms with E-state index in [-0.39, 0.29) is 11.8 Å². The Balaban J connectivity index is 2.62. The highest BCUT2D eigenvalue weighted by molar-refractivity contribution is 7.84. The van der Waals surface area contributed by atoms with Crippen molar-refractivity contribution < 1.29 is 14.1 Å². The molecular formula is C14H23NO3S. The molecule has 3 unspecified atom stereocenters. The fraction of sp³-hybridized carbons (Fsp3) is 0.571. The topological polar surface area (TPSA) is 58.6 Å². The van der Waals surface area contributed by atoms with Crippen LogP contribution in [-0.2, 0) is 10.8 Å². The molecule has 0 radical (unpaired) electrons. The number of nitrogens with one attached hydrogen (secondary N) is 1. The highest BCUT2D eigenvalue weighted by atomic mass is 32.2. The lowest BCUT2D eigenvalue weighted by atomic mass is 10.1. The van der Waals surface area contributed by atoms with Crippen LogP contribution in [-0.4, -0.2) is 34.5 Å². The molecule has 1 rings (SSSR count). The lowest BCUT2D eigenvalue weighted by Gasteiger charge is -2.20. The summed E-state index contributed by atoms with van der Waals surface area (Å²) in [6, 6.07) is 5.78. The molecule has 19 heavy (non-hydrogen) atoms. The molecular weight excluding hydrogens is 262 g/mol. The maximum absolute atomic E-state index is 11.1. The van der Waals surface area contributed by atoms with Gasteiger partial charge in [-0.1, -0.05) is 6.07 Å². The van der Waals surface area contributed by atoms with Gasteiger partial charge in [0, 0.05) is 34.9 Å². The van der Waals surface area contributed by atoms with E-state index in [9.17, 15) is 9.32 Å². The van der Waals surface area contributed by atoms with Crippen LogP contribution in [0.2, 0.25) is 0 Å². The van der Waals surface area contributed by atoms with Crippen molar-refractivity contribution in [3.8, 4) is 11.5 Å². The van der Waals surface area contributed by atoms with Gasteiger partial charge in [0.15, 0.2) is 11.5 Å². The maximum atomic E-state index is 11.1. The largest absolute Gasteiger partial charge is 0.504 e. The summed E-state index contributed by atoms with van der Waals surface area (Å²) >= 11 is 0. The number of rotatable bonds is 7. The van der Waals surface area contributed by atoms with E-state index in [0.29, 0.717) is 17.5 Å². The van der Waals surface area contributed by atoms with Crippen molar-refractivity contribution in [1.29, 1.82) is 0 Å². The molecule has 3 atom stereocenters. The third-order valence-corrected chi connectivity index (χ3v) is 3.89. The predicted molar refractivity (Wildman–Crippen MR) is 79.2 cm³/mol. The van der Waals surface area contributed by atoms with Crippen molar-refractivity contribution in [2.45, 2.75) is 32.4 Å². The summed E-state index contributed by atoms with van der Waals surface area (Å²) in [7, 11) is 0.791. The molecule has 0 aliphatic carbocycles. The number of ether oxygens (including phenoxy) is 1. The summed E-state index contributed by atoms with van der Waals surface area (Å²) in [5, 5.41) is 13.0. The van der Waals surface area contributed by atoms with E-state index in [0.717, 1.165) is 12.0 Å². The molecule has 0 saturated carbocycles. The quantitative estimate of drug-likeness (QED) is 0.806. The fourth-order valence-corrected chi connectivity index (χ4v) is 2.60. The van der Waals surface area contributed by atoms with Crippen LogP contribution in [0.1, 0.15) is 31.9 Å². The van der Waals surface area contributed by atoms with Crippen LogP contribution in [0, 0.1) is 0 Å². The van der Waals surface area contributed by atoms with E-state index in [2.05, 4.69) is 19.2 Å². The molecule has 0 spiro atoms. The molecule has 5 heteroatoms. The van der Waals surface area contributed by atoms with Gasteiger partial charge in [-0.25, -0.2) is 0 Å². The molecule has 0 amide bonds. The molecule has 108 valence electrons. The zero-order chi connectivity index (χ0) is 14.4. The van der Waals surface area contributed by atoms with Crippen molar-refractivity contribution in [2.75, 3.05) is 19.1 Å². The van der Waals surface area contributed by atoms with E-state index in [1.54, 1.807) is 12.3 Å². The van der Waals surface area contributed by atoms with Crippen LogP contribution < -0.4 is 10.1 Å². The Kier molecular flexibility index (Phi) is 6.31. The SMILES string of the molecule is COc1cc(C(C)NC(C)CCS(C)=O)ccc1O. The second-order valence-electron chi connectivity index (χ2n) is 4.79. The van der Waals surface area contributed by atoms with Gasteiger partial charge in [-0.05, 0) is 38.0 Å². The molecule has 1 aromatic rings. The summed E-state index contributed by atoms with van der Waals surface area (Å²) in [6.45, 7) is 4.15. The number of benzene rings is 1. The Hall–Kier alpha value is -1.07. The van der Waals surface area contributed by atoms with Crippen molar-refractivity contribution in [3.05, 3.63) is 23.8 Å². The van der Waals surface area contributed by atoms with E-state index in [1.807, 2.05) is 12.1 Å². The first-order valence-corrected chi connectivity index (χ1v) is 8.09. The summed E-state index contributed by atoms with van der Waals surface area (Å²) in [4.78, 5) is 0. The Morgan fingerprint density at radius 3 is 2.68 bits per heavy atom. The number of hydrogen-bond acceptors (Lipinski definition) is 4. The van der Waals surface area contributed by atoms with Gasteiger partial charge in [-0.3, -0.25) is 4.21 Å². The van der Waals surface area contributed by atoms with Gasteiger partial charge < -0.3 is 15.2 Å². The predicted octanol–water partition coefficient (Wildman–Crippen LogP) is 2.21. The molecule has 2 N–H and O–H groups in total. The minimum atomic E-state index is -0.747. The van der Waals surface area contributed by atoms with E-state index in [4.69, 9.17) is 4.74 Å². The average Bonchev–Trinajstić information content (AvgIpc) is 2.36. The molecule has 0 aliphatic rings. The lowest BCUT2D eigenvalue weighted by molar-refractivity contribution is 0.371. The number of methoxy groups -OCH3 is 1. The van der Waals surface area contributed by atoms with Crippen LogP contribution in [0.25, 0.3) is 0 Å². The molecule has 0 aromatic heterocycles. The summed E-state index contributed by atoms with van der Waals surface area (Å²) in [5.41, 5.74) is 1.05. The van der Waals surface area contributed by atoms with Crippen LogP contribution in [0.15, 0.2) is 18.2 Å². The number of aromatic hydroxyl groups is 1. The fourth-order valence-electron chi connectivity index (χ4n) is 1.91. The summed E-state index contributed by atoms with van der Waals surface area (Å²) < 4.78 is 16.2. The molecule has 0 aliphatic heterocycles. The Morgan fingerprint density at radius 1 is 1.42 bits per heavy atom. The average molecular weight is 285 g/mol. The third kappa shape index (κ3) is 5.20. The molecule has 1 aromatic carbocycles. The lowest BCUT2D eigenvalue weighted by Crippen LogP contribution is -2.30. The standard InChI is InChI=1S/C14H23NO3S/c1-10(7-8-19(4)17)15-11(2)12-5-6-13(16)14(9-12)18-3/h5-6,9-11,15-16H,7-8H2,1-4H3. The molecule has 0 bridgehead atoms. The normalized spacial score (nSPS) is 15.8. The third-order valence-electron chi connectivity index (χ3n) is 3.08. The van der Waals surface area contributed by atoms with Gasteiger partial charge in [0.1, 0.15) is 0 Å². The van der Waals surface area contributed by atoms with Crippen LogP contribution in [0.5, 0.6) is 11.5 Å². The molecule has 0 fully saturated rings. The van der Waals surface area contributed by atoms with Gasteiger partial charge in [-0.2, -0.15) is 0 Å². The first-order chi connectivity index (χ1) is 8.93. The van der Waals surface area contributed by atoms with Crippen molar-refractivity contribution in [3.63, 3.8) is 0 Å². The molecule has 4 nitrogen and oxygen atoms in total. The number of hydrogen-bond donors (Lipinski definition) is 2. The first-order valence-electron chi connectivity index (χ1n) is 6.37.